The second-order valence-electron chi connectivity index (χ2n) is 3.97. The third-order valence-corrected chi connectivity index (χ3v) is 2.82. The van der Waals surface area contributed by atoms with Crippen LogP contribution in [0.5, 0.6) is 0 Å². The largest absolute Gasteiger partial charge is 0.416 e. The van der Waals surface area contributed by atoms with Crippen molar-refractivity contribution in [1.82, 2.24) is 0 Å². The van der Waals surface area contributed by atoms with E-state index >= 15 is 0 Å². The Morgan fingerprint density at radius 1 is 1.13 bits per heavy atom. The molecule has 3 heteroatoms. The number of hydrogen-bond acceptors (Lipinski definition) is 0. The number of benzene rings is 1. The standard InChI is InChI=1S/C12H12F3/c13-12(14,15)11-6-4-10(5-7-11)8-9-2-1-3-9/h2,4-7,9H,1,3,8H2. The van der Waals surface area contributed by atoms with Gasteiger partial charge in [-0.2, -0.15) is 13.2 Å². The summed E-state index contributed by atoms with van der Waals surface area (Å²) in [4.78, 5) is 0. The molecule has 0 N–H and O–H groups in total. The SMILES string of the molecule is FC(F)(F)c1ccc(CC2[CH]CC2)cc1. The van der Waals surface area contributed by atoms with Crippen LogP contribution in [-0.4, -0.2) is 0 Å². The Kier molecular flexibility index (Phi) is 2.72. The number of alkyl halides is 3. The average Bonchev–Trinajstić information content (AvgIpc) is 2.11. The molecule has 1 fully saturated rings. The Bertz CT molecular complexity index is 320. The van der Waals surface area contributed by atoms with E-state index in [9.17, 15) is 13.2 Å². The molecule has 1 saturated carbocycles. The van der Waals surface area contributed by atoms with Gasteiger partial charge in [-0.3, -0.25) is 0 Å². The minimum atomic E-state index is -4.22. The summed E-state index contributed by atoms with van der Waals surface area (Å²) in [5.41, 5.74) is 0.424. The van der Waals surface area contributed by atoms with Crippen LogP contribution in [0.1, 0.15) is 24.0 Å². The minimum Gasteiger partial charge on any atom is -0.166 e. The van der Waals surface area contributed by atoms with Gasteiger partial charge in [-0.1, -0.05) is 12.1 Å². The smallest absolute Gasteiger partial charge is 0.166 e. The molecule has 0 aliphatic heterocycles. The van der Waals surface area contributed by atoms with Gasteiger partial charge in [-0.25, -0.2) is 0 Å². The van der Waals surface area contributed by atoms with E-state index in [1.807, 2.05) is 0 Å². The van der Waals surface area contributed by atoms with Crippen molar-refractivity contribution in [2.75, 3.05) is 0 Å². The second kappa shape index (κ2) is 3.87. The molecule has 1 atom stereocenters. The highest BCUT2D eigenvalue weighted by molar-refractivity contribution is 5.25. The number of halogens is 3. The zero-order valence-corrected chi connectivity index (χ0v) is 8.22. The van der Waals surface area contributed by atoms with Gasteiger partial charge in [0.1, 0.15) is 0 Å². The van der Waals surface area contributed by atoms with Gasteiger partial charge in [0.2, 0.25) is 0 Å². The third kappa shape index (κ3) is 2.52. The van der Waals surface area contributed by atoms with Crippen LogP contribution in [0.2, 0.25) is 0 Å². The molecule has 0 amide bonds. The zero-order valence-electron chi connectivity index (χ0n) is 8.22. The molecule has 0 heterocycles. The average molecular weight is 213 g/mol. The Morgan fingerprint density at radius 3 is 2.13 bits per heavy atom. The van der Waals surface area contributed by atoms with Crippen LogP contribution >= 0.6 is 0 Å². The lowest BCUT2D eigenvalue weighted by Gasteiger charge is -2.24. The van der Waals surface area contributed by atoms with E-state index in [1.165, 1.54) is 6.42 Å². The summed E-state index contributed by atoms with van der Waals surface area (Å²) in [5, 5.41) is 0. The van der Waals surface area contributed by atoms with Crippen molar-refractivity contribution in [2.24, 2.45) is 5.92 Å². The first kappa shape index (κ1) is 10.5. The predicted octanol–water partition coefficient (Wildman–Crippen LogP) is 3.86. The lowest BCUT2D eigenvalue weighted by Crippen LogP contribution is -2.14. The van der Waals surface area contributed by atoms with E-state index < -0.39 is 11.7 Å². The van der Waals surface area contributed by atoms with E-state index in [-0.39, 0.29) is 0 Å². The molecule has 15 heavy (non-hydrogen) atoms. The molecule has 0 nitrogen and oxygen atoms in total. The highest BCUT2D eigenvalue weighted by Crippen LogP contribution is 2.31. The summed E-state index contributed by atoms with van der Waals surface area (Å²) in [6, 6.07) is 5.48. The lowest BCUT2D eigenvalue weighted by molar-refractivity contribution is -0.137. The molecule has 2 rings (SSSR count). The van der Waals surface area contributed by atoms with Gasteiger partial charge in [0.25, 0.3) is 0 Å². The van der Waals surface area contributed by atoms with Gasteiger partial charge in [0, 0.05) is 0 Å². The van der Waals surface area contributed by atoms with Crippen molar-refractivity contribution in [1.29, 1.82) is 0 Å². The quantitative estimate of drug-likeness (QED) is 0.699. The lowest BCUT2D eigenvalue weighted by atomic mass is 9.81. The predicted molar refractivity (Wildman–Crippen MR) is 52.2 cm³/mol. The van der Waals surface area contributed by atoms with Crippen LogP contribution in [0.3, 0.4) is 0 Å². The van der Waals surface area contributed by atoms with Crippen molar-refractivity contribution in [3.05, 3.63) is 41.8 Å². The molecule has 1 aliphatic carbocycles. The Balaban J connectivity index is 2.03. The zero-order chi connectivity index (χ0) is 10.9. The maximum absolute atomic E-state index is 12.3. The first-order valence-corrected chi connectivity index (χ1v) is 5.05. The first-order valence-electron chi connectivity index (χ1n) is 5.05. The van der Waals surface area contributed by atoms with Crippen LogP contribution in [0.25, 0.3) is 0 Å². The fraction of sp³-hybridized carbons (Fsp3) is 0.417. The third-order valence-electron chi connectivity index (χ3n) is 2.82. The van der Waals surface area contributed by atoms with Crippen LogP contribution in [0.4, 0.5) is 13.2 Å². The Morgan fingerprint density at radius 2 is 1.73 bits per heavy atom. The van der Waals surface area contributed by atoms with E-state index in [4.69, 9.17) is 0 Å². The van der Waals surface area contributed by atoms with E-state index in [0.29, 0.717) is 5.92 Å². The molecule has 0 saturated heterocycles. The molecule has 0 aromatic heterocycles. The summed E-state index contributed by atoms with van der Waals surface area (Å²) in [5.74, 6) is 0.571. The summed E-state index contributed by atoms with van der Waals surface area (Å²) in [6.07, 6.45) is 1.18. The van der Waals surface area contributed by atoms with Crippen LogP contribution in [0, 0.1) is 12.3 Å². The maximum atomic E-state index is 12.3. The molecule has 1 aromatic rings. The van der Waals surface area contributed by atoms with Crippen molar-refractivity contribution >= 4 is 0 Å². The summed E-state index contributed by atoms with van der Waals surface area (Å²) >= 11 is 0. The monoisotopic (exact) mass is 213 g/mol. The van der Waals surface area contributed by atoms with Crippen LogP contribution in [0.15, 0.2) is 24.3 Å². The van der Waals surface area contributed by atoms with Crippen LogP contribution in [-0.2, 0) is 12.6 Å². The van der Waals surface area contributed by atoms with Gasteiger partial charge in [0.05, 0.1) is 5.56 Å². The van der Waals surface area contributed by atoms with Gasteiger partial charge in [-0.15, -0.1) is 0 Å². The fourth-order valence-electron chi connectivity index (χ4n) is 1.72. The highest BCUT2D eigenvalue weighted by atomic mass is 19.4. The van der Waals surface area contributed by atoms with Gasteiger partial charge in [-0.05, 0) is 49.3 Å². The molecular formula is C12H12F3. The van der Waals surface area contributed by atoms with E-state index in [2.05, 4.69) is 6.42 Å². The molecule has 1 radical (unpaired) electrons. The first-order chi connectivity index (χ1) is 7.05. The van der Waals surface area contributed by atoms with Gasteiger partial charge < -0.3 is 0 Å². The topological polar surface area (TPSA) is 0 Å². The van der Waals surface area contributed by atoms with Crippen molar-refractivity contribution in [2.45, 2.75) is 25.4 Å². The second-order valence-corrected chi connectivity index (χ2v) is 3.97. The molecule has 0 spiro atoms. The summed E-state index contributed by atoms with van der Waals surface area (Å²) in [6.45, 7) is 0. The maximum Gasteiger partial charge on any atom is 0.416 e. The normalized spacial score (nSPS) is 17.5. The Labute approximate surface area is 87.1 Å². The van der Waals surface area contributed by atoms with Gasteiger partial charge >= 0.3 is 6.18 Å². The highest BCUT2D eigenvalue weighted by Gasteiger charge is 2.30. The van der Waals surface area contributed by atoms with Crippen molar-refractivity contribution in [3.8, 4) is 0 Å². The summed E-state index contributed by atoms with van der Waals surface area (Å²) in [7, 11) is 0. The molecule has 0 bridgehead atoms. The van der Waals surface area contributed by atoms with Crippen molar-refractivity contribution in [3.63, 3.8) is 0 Å². The molecular weight excluding hydrogens is 201 g/mol. The minimum absolute atomic E-state index is 0.566. The molecule has 1 aromatic carbocycles. The Hall–Kier alpha value is -0.990. The van der Waals surface area contributed by atoms with E-state index in [1.54, 1.807) is 12.1 Å². The van der Waals surface area contributed by atoms with Crippen LogP contribution < -0.4 is 0 Å². The molecule has 81 valence electrons. The van der Waals surface area contributed by atoms with Crippen molar-refractivity contribution < 1.29 is 13.2 Å². The van der Waals surface area contributed by atoms with E-state index in [0.717, 1.165) is 30.5 Å². The number of rotatable bonds is 2. The summed E-state index contributed by atoms with van der Waals surface area (Å²) < 4.78 is 36.8. The molecule has 1 unspecified atom stereocenters. The fourth-order valence-corrected chi connectivity index (χ4v) is 1.72. The molecule has 1 aliphatic rings. The van der Waals surface area contributed by atoms with Gasteiger partial charge in [0.15, 0.2) is 0 Å². The number of hydrogen-bond donors (Lipinski definition) is 0.